The van der Waals surface area contributed by atoms with Gasteiger partial charge in [-0.15, -0.1) is 0 Å². The van der Waals surface area contributed by atoms with Gasteiger partial charge in [-0.3, -0.25) is 4.79 Å². The molecule has 0 aliphatic rings. The predicted octanol–water partition coefficient (Wildman–Crippen LogP) is 4.19. The fraction of sp³-hybridized carbons (Fsp3) is 0.111. The average molecular weight is 277 g/mol. The normalized spacial score (nSPS) is 10.6. The molecule has 3 nitrogen and oxygen atoms in total. The molecule has 2 aromatic carbocycles. The van der Waals surface area contributed by atoms with Crippen LogP contribution in [0.15, 0.2) is 59.1 Å². The lowest BCUT2D eigenvalue weighted by Gasteiger charge is -1.98. The smallest absolute Gasteiger partial charge is 0.268 e. The molecule has 0 amide bonds. The number of oxazole rings is 1. The van der Waals surface area contributed by atoms with Gasteiger partial charge in [0.25, 0.3) is 5.89 Å². The summed E-state index contributed by atoms with van der Waals surface area (Å²) in [6, 6.07) is 15.3. The molecular formula is C18H15NO2. The Hall–Kier alpha value is -2.68. The summed E-state index contributed by atoms with van der Waals surface area (Å²) < 4.78 is 5.60. The third-order valence-electron chi connectivity index (χ3n) is 3.35. The van der Waals surface area contributed by atoms with E-state index in [1.54, 1.807) is 18.3 Å². The largest absolute Gasteiger partial charge is 0.433 e. The number of rotatable bonds is 3. The van der Waals surface area contributed by atoms with Gasteiger partial charge in [0, 0.05) is 11.1 Å². The molecule has 21 heavy (non-hydrogen) atoms. The quantitative estimate of drug-likeness (QED) is 0.674. The van der Waals surface area contributed by atoms with Crippen molar-refractivity contribution in [2.45, 2.75) is 13.8 Å². The number of carbonyl (C=O) groups excluding carboxylic acids is 1. The Labute approximate surface area is 123 Å². The Bertz CT molecular complexity index is 768. The van der Waals surface area contributed by atoms with Crippen molar-refractivity contribution in [2.24, 2.45) is 0 Å². The SMILES string of the molecule is Cc1ccc(C(=O)c2ncc(-c3ccc(C)cc3)o2)cc1. The van der Waals surface area contributed by atoms with Gasteiger partial charge in [0.2, 0.25) is 5.78 Å². The summed E-state index contributed by atoms with van der Waals surface area (Å²) in [5.41, 5.74) is 3.78. The number of hydrogen-bond donors (Lipinski definition) is 0. The van der Waals surface area contributed by atoms with Crippen LogP contribution in [0.2, 0.25) is 0 Å². The van der Waals surface area contributed by atoms with Crippen molar-refractivity contribution >= 4 is 5.78 Å². The van der Waals surface area contributed by atoms with Gasteiger partial charge in [-0.05, 0) is 13.8 Å². The van der Waals surface area contributed by atoms with E-state index in [-0.39, 0.29) is 11.7 Å². The van der Waals surface area contributed by atoms with Crippen molar-refractivity contribution in [1.29, 1.82) is 0 Å². The third kappa shape index (κ3) is 2.77. The van der Waals surface area contributed by atoms with Gasteiger partial charge in [-0.25, -0.2) is 4.98 Å². The maximum Gasteiger partial charge on any atom is 0.268 e. The fourth-order valence-corrected chi connectivity index (χ4v) is 2.06. The minimum atomic E-state index is -0.201. The van der Waals surface area contributed by atoms with E-state index in [4.69, 9.17) is 4.42 Å². The van der Waals surface area contributed by atoms with Crippen molar-refractivity contribution in [2.75, 3.05) is 0 Å². The molecule has 0 aliphatic carbocycles. The lowest BCUT2D eigenvalue weighted by atomic mass is 10.1. The zero-order valence-corrected chi connectivity index (χ0v) is 12.0. The van der Waals surface area contributed by atoms with E-state index in [9.17, 15) is 4.79 Å². The zero-order valence-electron chi connectivity index (χ0n) is 12.0. The number of aromatic nitrogens is 1. The van der Waals surface area contributed by atoms with Crippen LogP contribution in [0.1, 0.15) is 27.4 Å². The van der Waals surface area contributed by atoms with Crippen molar-refractivity contribution < 1.29 is 9.21 Å². The van der Waals surface area contributed by atoms with Crippen LogP contribution in [0.5, 0.6) is 0 Å². The Balaban J connectivity index is 1.89. The maximum absolute atomic E-state index is 12.3. The van der Waals surface area contributed by atoms with E-state index >= 15 is 0 Å². The number of aryl methyl sites for hydroxylation is 2. The second kappa shape index (κ2) is 5.37. The molecule has 0 saturated carbocycles. The average Bonchev–Trinajstić information content (AvgIpc) is 2.98. The van der Waals surface area contributed by atoms with Crippen molar-refractivity contribution in [3.05, 3.63) is 77.3 Å². The summed E-state index contributed by atoms with van der Waals surface area (Å²) in [5.74, 6) is 0.522. The number of carbonyl (C=O) groups is 1. The Kier molecular flexibility index (Phi) is 3.40. The summed E-state index contributed by atoms with van der Waals surface area (Å²) in [6.45, 7) is 4.01. The first-order valence-corrected chi connectivity index (χ1v) is 6.78. The van der Waals surface area contributed by atoms with E-state index in [0.717, 1.165) is 11.1 Å². The molecule has 0 fully saturated rings. The molecule has 0 N–H and O–H groups in total. The van der Waals surface area contributed by atoms with Crippen LogP contribution < -0.4 is 0 Å². The summed E-state index contributed by atoms with van der Waals surface area (Å²) >= 11 is 0. The minimum Gasteiger partial charge on any atom is -0.433 e. The third-order valence-corrected chi connectivity index (χ3v) is 3.35. The molecule has 0 aliphatic heterocycles. The van der Waals surface area contributed by atoms with Crippen LogP contribution in [0.4, 0.5) is 0 Å². The molecular weight excluding hydrogens is 262 g/mol. The Morgan fingerprint density at radius 2 is 1.48 bits per heavy atom. The molecule has 3 heteroatoms. The summed E-state index contributed by atoms with van der Waals surface area (Å²) in [7, 11) is 0. The van der Waals surface area contributed by atoms with Crippen LogP contribution >= 0.6 is 0 Å². The molecule has 0 atom stereocenters. The Morgan fingerprint density at radius 1 is 0.905 bits per heavy atom. The van der Waals surface area contributed by atoms with Gasteiger partial charge in [0.1, 0.15) is 0 Å². The van der Waals surface area contributed by atoms with E-state index in [1.807, 2.05) is 50.2 Å². The molecule has 0 spiro atoms. The lowest BCUT2D eigenvalue weighted by molar-refractivity contribution is 0.100. The highest BCUT2D eigenvalue weighted by molar-refractivity contribution is 6.06. The standard InChI is InChI=1S/C18H15NO2/c1-12-3-7-14(8-4-12)16-11-19-18(21-16)17(20)15-9-5-13(2)6-10-15/h3-11H,1-2H3. The first-order valence-electron chi connectivity index (χ1n) is 6.78. The first-order chi connectivity index (χ1) is 10.1. The van der Waals surface area contributed by atoms with E-state index in [1.165, 1.54) is 5.56 Å². The Morgan fingerprint density at radius 3 is 2.10 bits per heavy atom. The predicted molar refractivity (Wildman–Crippen MR) is 81.3 cm³/mol. The monoisotopic (exact) mass is 277 g/mol. The number of benzene rings is 2. The number of ketones is 1. The van der Waals surface area contributed by atoms with E-state index in [0.29, 0.717) is 11.3 Å². The van der Waals surface area contributed by atoms with E-state index < -0.39 is 0 Å². The van der Waals surface area contributed by atoms with Crippen molar-refractivity contribution in [3.63, 3.8) is 0 Å². The van der Waals surface area contributed by atoms with Crippen LogP contribution in [-0.4, -0.2) is 10.8 Å². The number of hydrogen-bond acceptors (Lipinski definition) is 3. The second-order valence-electron chi connectivity index (χ2n) is 5.09. The topological polar surface area (TPSA) is 43.1 Å². The van der Waals surface area contributed by atoms with E-state index in [2.05, 4.69) is 4.98 Å². The summed E-state index contributed by atoms with van der Waals surface area (Å²) in [5, 5.41) is 0. The van der Waals surface area contributed by atoms with Gasteiger partial charge in [0.05, 0.1) is 6.20 Å². The van der Waals surface area contributed by atoms with Crippen LogP contribution in [0.3, 0.4) is 0 Å². The molecule has 3 aromatic rings. The second-order valence-corrected chi connectivity index (χ2v) is 5.09. The first kappa shape index (κ1) is 13.3. The highest BCUT2D eigenvalue weighted by Gasteiger charge is 2.16. The summed E-state index contributed by atoms with van der Waals surface area (Å²) in [6.07, 6.45) is 1.59. The number of nitrogens with zero attached hydrogens (tertiary/aromatic N) is 1. The maximum atomic E-state index is 12.3. The van der Waals surface area contributed by atoms with Gasteiger partial charge < -0.3 is 4.42 Å². The van der Waals surface area contributed by atoms with Crippen LogP contribution in [0, 0.1) is 13.8 Å². The molecule has 1 heterocycles. The van der Waals surface area contributed by atoms with Crippen molar-refractivity contribution in [3.8, 4) is 11.3 Å². The molecule has 3 rings (SSSR count). The van der Waals surface area contributed by atoms with Gasteiger partial charge in [-0.2, -0.15) is 0 Å². The van der Waals surface area contributed by atoms with Crippen LogP contribution in [-0.2, 0) is 0 Å². The molecule has 0 saturated heterocycles. The highest BCUT2D eigenvalue weighted by atomic mass is 16.4. The van der Waals surface area contributed by atoms with Crippen LogP contribution in [0.25, 0.3) is 11.3 Å². The molecule has 0 bridgehead atoms. The molecule has 104 valence electrons. The molecule has 0 radical (unpaired) electrons. The van der Waals surface area contributed by atoms with Crippen molar-refractivity contribution in [1.82, 2.24) is 4.98 Å². The minimum absolute atomic E-state index is 0.120. The van der Waals surface area contributed by atoms with Gasteiger partial charge in [0.15, 0.2) is 5.76 Å². The lowest BCUT2D eigenvalue weighted by Crippen LogP contribution is -2.01. The molecule has 1 aromatic heterocycles. The highest BCUT2D eigenvalue weighted by Crippen LogP contribution is 2.22. The fourth-order valence-electron chi connectivity index (χ4n) is 2.06. The van der Waals surface area contributed by atoms with Gasteiger partial charge in [-0.1, -0.05) is 59.7 Å². The molecule has 0 unspecified atom stereocenters. The van der Waals surface area contributed by atoms with Gasteiger partial charge >= 0.3 is 0 Å². The zero-order chi connectivity index (χ0) is 14.8. The summed E-state index contributed by atoms with van der Waals surface area (Å²) in [4.78, 5) is 16.4.